The maximum atomic E-state index is 12.3. The molecule has 0 aliphatic heterocycles. The number of rotatable bonds is 6. The lowest BCUT2D eigenvalue weighted by Gasteiger charge is -2.24. The van der Waals surface area contributed by atoms with Gasteiger partial charge in [-0.15, -0.1) is 0 Å². The number of hydrogen-bond acceptors (Lipinski definition) is 3. The van der Waals surface area contributed by atoms with Crippen LogP contribution < -0.4 is 10.6 Å². The van der Waals surface area contributed by atoms with Crippen LogP contribution in [-0.4, -0.2) is 28.9 Å². The topological polar surface area (TPSA) is 71.1 Å². The molecule has 0 bridgehead atoms. The highest BCUT2D eigenvalue weighted by molar-refractivity contribution is 5.85. The second kappa shape index (κ2) is 8.30. The third kappa shape index (κ3) is 5.83. The van der Waals surface area contributed by atoms with Crippen LogP contribution in [0.3, 0.4) is 0 Å². The Hall–Kier alpha value is -2.43. The molecular weight excluding hydrogens is 326 g/mol. The molecule has 1 heterocycles. The van der Waals surface area contributed by atoms with Crippen molar-refractivity contribution in [3.05, 3.63) is 42.2 Å². The molecule has 1 aromatic heterocycles. The van der Waals surface area contributed by atoms with Crippen molar-refractivity contribution in [3.8, 4) is 0 Å². The Labute approximate surface area is 155 Å². The van der Waals surface area contributed by atoms with Crippen LogP contribution in [0.15, 0.2) is 36.7 Å². The summed E-state index contributed by atoms with van der Waals surface area (Å²) in [5, 5.41) is 8.16. The Morgan fingerprint density at radius 1 is 1.04 bits per heavy atom. The van der Waals surface area contributed by atoms with Gasteiger partial charge < -0.3 is 10.6 Å². The van der Waals surface area contributed by atoms with E-state index in [2.05, 4.69) is 15.6 Å². The van der Waals surface area contributed by atoms with Gasteiger partial charge in [-0.25, -0.2) is 0 Å². The molecule has 2 atom stereocenters. The van der Waals surface area contributed by atoms with Gasteiger partial charge in [0.2, 0.25) is 11.8 Å². The summed E-state index contributed by atoms with van der Waals surface area (Å²) in [6, 6.07) is 7.90. The van der Waals surface area contributed by atoms with E-state index in [1.807, 2.05) is 65.1 Å². The highest BCUT2D eigenvalue weighted by atomic mass is 16.2. The summed E-state index contributed by atoms with van der Waals surface area (Å²) in [5.41, 5.74) is 0.564. The van der Waals surface area contributed by atoms with Crippen LogP contribution in [0.2, 0.25) is 0 Å². The van der Waals surface area contributed by atoms with Gasteiger partial charge in [0, 0.05) is 35.3 Å². The SMILES string of the molecule is CC(CC(C)NC(=O)C(C)(C)C)NC(=O)Cc1ccc2cnccc2c1. The van der Waals surface area contributed by atoms with E-state index < -0.39 is 5.41 Å². The van der Waals surface area contributed by atoms with E-state index in [-0.39, 0.29) is 23.9 Å². The molecule has 2 unspecified atom stereocenters. The molecule has 2 aromatic rings. The second-order valence-corrected chi connectivity index (χ2v) is 8.06. The molecule has 0 spiro atoms. The van der Waals surface area contributed by atoms with Crippen LogP contribution in [0.4, 0.5) is 0 Å². The fraction of sp³-hybridized carbons (Fsp3) is 0.476. The number of carbonyl (C=O) groups excluding carboxylic acids is 2. The van der Waals surface area contributed by atoms with Crippen LogP contribution in [0.1, 0.15) is 46.6 Å². The van der Waals surface area contributed by atoms with Crippen LogP contribution in [0.25, 0.3) is 10.8 Å². The lowest BCUT2D eigenvalue weighted by Crippen LogP contribution is -2.44. The van der Waals surface area contributed by atoms with Crippen molar-refractivity contribution >= 4 is 22.6 Å². The van der Waals surface area contributed by atoms with E-state index in [9.17, 15) is 9.59 Å². The average Bonchev–Trinajstić information content (AvgIpc) is 2.53. The van der Waals surface area contributed by atoms with E-state index in [0.29, 0.717) is 12.8 Å². The molecule has 0 aliphatic rings. The first-order valence-corrected chi connectivity index (χ1v) is 9.08. The van der Waals surface area contributed by atoms with Crippen LogP contribution in [-0.2, 0) is 16.0 Å². The lowest BCUT2D eigenvalue weighted by atomic mass is 9.95. The number of carbonyl (C=O) groups is 2. The molecule has 0 fully saturated rings. The number of amides is 2. The molecule has 2 N–H and O–H groups in total. The molecule has 26 heavy (non-hydrogen) atoms. The van der Waals surface area contributed by atoms with Crippen molar-refractivity contribution in [2.75, 3.05) is 0 Å². The summed E-state index contributed by atoms with van der Waals surface area (Å²) in [6.45, 7) is 9.59. The summed E-state index contributed by atoms with van der Waals surface area (Å²) in [7, 11) is 0. The zero-order valence-corrected chi connectivity index (χ0v) is 16.3. The molecule has 1 aromatic carbocycles. The number of aromatic nitrogens is 1. The monoisotopic (exact) mass is 355 g/mol. The number of fused-ring (bicyclic) bond motifs is 1. The van der Waals surface area contributed by atoms with Gasteiger partial charge in [-0.1, -0.05) is 39.0 Å². The van der Waals surface area contributed by atoms with Gasteiger partial charge in [-0.2, -0.15) is 0 Å². The summed E-state index contributed by atoms with van der Waals surface area (Å²) in [6.07, 6.45) is 4.60. The third-order valence-electron chi connectivity index (χ3n) is 4.24. The van der Waals surface area contributed by atoms with E-state index in [4.69, 9.17) is 0 Å². The van der Waals surface area contributed by atoms with Gasteiger partial charge >= 0.3 is 0 Å². The number of nitrogens with one attached hydrogen (secondary N) is 2. The van der Waals surface area contributed by atoms with Crippen molar-refractivity contribution in [2.45, 2.75) is 59.5 Å². The minimum Gasteiger partial charge on any atom is -0.353 e. The van der Waals surface area contributed by atoms with Crippen LogP contribution in [0.5, 0.6) is 0 Å². The fourth-order valence-corrected chi connectivity index (χ4v) is 2.84. The third-order valence-corrected chi connectivity index (χ3v) is 4.24. The van der Waals surface area contributed by atoms with E-state index in [1.165, 1.54) is 0 Å². The molecule has 0 saturated heterocycles. The standard InChI is InChI=1S/C21H29N3O2/c1-14(10-15(2)24-20(26)21(3,4)5)23-19(25)12-16-6-7-18-13-22-9-8-17(18)11-16/h6-9,11,13-15H,10,12H2,1-5H3,(H,23,25)(H,24,26). The Balaban J connectivity index is 1.85. The predicted octanol–water partition coefficient (Wildman–Crippen LogP) is 3.22. The first-order chi connectivity index (χ1) is 12.1. The predicted molar refractivity (Wildman–Crippen MR) is 105 cm³/mol. The zero-order chi connectivity index (χ0) is 19.3. The summed E-state index contributed by atoms with van der Waals surface area (Å²) >= 11 is 0. The minimum atomic E-state index is -0.410. The Kier molecular flexibility index (Phi) is 6.35. The Bertz CT molecular complexity index is 780. The summed E-state index contributed by atoms with van der Waals surface area (Å²) < 4.78 is 0. The van der Waals surface area contributed by atoms with E-state index >= 15 is 0 Å². The van der Waals surface area contributed by atoms with Crippen molar-refractivity contribution in [1.82, 2.24) is 15.6 Å². The molecule has 5 nitrogen and oxygen atoms in total. The number of hydrogen-bond donors (Lipinski definition) is 2. The van der Waals surface area contributed by atoms with E-state index in [0.717, 1.165) is 16.3 Å². The minimum absolute atomic E-state index is 0.00481. The molecule has 2 rings (SSSR count). The van der Waals surface area contributed by atoms with Crippen molar-refractivity contribution in [3.63, 3.8) is 0 Å². The highest BCUT2D eigenvalue weighted by Crippen LogP contribution is 2.15. The van der Waals surface area contributed by atoms with Crippen molar-refractivity contribution in [1.29, 1.82) is 0 Å². The molecular formula is C21H29N3O2. The second-order valence-electron chi connectivity index (χ2n) is 8.06. The van der Waals surface area contributed by atoms with Gasteiger partial charge in [-0.05, 0) is 37.3 Å². The smallest absolute Gasteiger partial charge is 0.225 e. The quantitative estimate of drug-likeness (QED) is 0.836. The highest BCUT2D eigenvalue weighted by Gasteiger charge is 2.23. The molecule has 5 heteroatoms. The number of pyridine rings is 1. The normalized spacial score (nSPS) is 13.9. The molecule has 2 amide bonds. The first kappa shape index (κ1) is 19.9. The van der Waals surface area contributed by atoms with Crippen LogP contribution >= 0.6 is 0 Å². The lowest BCUT2D eigenvalue weighted by molar-refractivity contribution is -0.129. The molecule has 140 valence electrons. The van der Waals surface area contributed by atoms with Crippen molar-refractivity contribution in [2.24, 2.45) is 5.41 Å². The summed E-state index contributed by atoms with van der Waals surface area (Å²) in [5.74, 6) is 0.00874. The Morgan fingerprint density at radius 2 is 1.73 bits per heavy atom. The number of nitrogens with zero attached hydrogens (tertiary/aromatic N) is 1. The van der Waals surface area contributed by atoms with Gasteiger partial charge in [-0.3, -0.25) is 14.6 Å². The fourth-order valence-electron chi connectivity index (χ4n) is 2.84. The van der Waals surface area contributed by atoms with E-state index in [1.54, 1.807) is 6.20 Å². The molecule has 0 aliphatic carbocycles. The van der Waals surface area contributed by atoms with Crippen molar-refractivity contribution < 1.29 is 9.59 Å². The van der Waals surface area contributed by atoms with Gasteiger partial charge in [0.1, 0.15) is 0 Å². The largest absolute Gasteiger partial charge is 0.353 e. The maximum absolute atomic E-state index is 12.3. The number of benzene rings is 1. The molecule has 0 radical (unpaired) electrons. The van der Waals surface area contributed by atoms with Crippen LogP contribution in [0, 0.1) is 5.41 Å². The maximum Gasteiger partial charge on any atom is 0.225 e. The Morgan fingerprint density at radius 3 is 2.42 bits per heavy atom. The average molecular weight is 355 g/mol. The summed E-state index contributed by atoms with van der Waals surface area (Å²) in [4.78, 5) is 28.4. The zero-order valence-electron chi connectivity index (χ0n) is 16.3. The van der Waals surface area contributed by atoms with Gasteiger partial charge in [0.25, 0.3) is 0 Å². The van der Waals surface area contributed by atoms with Gasteiger partial charge in [0.15, 0.2) is 0 Å². The molecule has 0 saturated carbocycles. The van der Waals surface area contributed by atoms with Gasteiger partial charge in [0.05, 0.1) is 6.42 Å². The first-order valence-electron chi connectivity index (χ1n) is 9.08.